The molecule has 0 aliphatic heterocycles. The number of carbonyl (C=O) groups excluding carboxylic acids is 1. The zero-order chi connectivity index (χ0) is 32.5. The van der Waals surface area contributed by atoms with Gasteiger partial charge in [0.2, 0.25) is 0 Å². The smallest absolute Gasteiger partial charge is 0.306 e. The summed E-state index contributed by atoms with van der Waals surface area (Å²) in [5.74, 6) is 2.26. The Hall–Kier alpha value is -1.36. The lowest BCUT2D eigenvalue weighted by Gasteiger charge is -2.73. The van der Waals surface area contributed by atoms with Crippen LogP contribution in [0.25, 0.3) is 0 Å². The van der Waals surface area contributed by atoms with E-state index in [4.69, 9.17) is 10.5 Å². The van der Waals surface area contributed by atoms with Crippen molar-refractivity contribution in [2.75, 3.05) is 6.54 Å². The highest BCUT2D eigenvalue weighted by molar-refractivity contribution is 5.73. The number of carboxylic acids is 1. The minimum atomic E-state index is -0.868. The van der Waals surface area contributed by atoms with E-state index < -0.39 is 11.4 Å². The molecule has 5 saturated carbocycles. The van der Waals surface area contributed by atoms with Crippen LogP contribution in [0.15, 0.2) is 12.2 Å². The normalized spacial score (nSPS) is 44.5. The summed E-state index contributed by atoms with van der Waals surface area (Å²) in [5, 5.41) is 9.30. The highest BCUT2D eigenvalue weighted by Crippen LogP contribution is 2.78. The van der Waals surface area contributed by atoms with Gasteiger partial charge in [0.15, 0.2) is 0 Å². The monoisotopic (exact) mass is 611 g/mol. The average Bonchev–Trinajstić information content (AvgIpc) is 3.28. The summed E-state index contributed by atoms with van der Waals surface area (Å²) in [6.07, 6.45) is 15.0. The Morgan fingerprint density at radius 2 is 1.59 bits per heavy atom. The third-order valence-corrected chi connectivity index (χ3v) is 15.6. The van der Waals surface area contributed by atoms with E-state index in [1.165, 1.54) is 63.4 Å². The molecule has 5 fully saturated rings. The fourth-order valence-corrected chi connectivity index (χ4v) is 13.4. The molecule has 0 unspecified atom stereocenters. The van der Waals surface area contributed by atoms with Crippen LogP contribution in [0.1, 0.15) is 145 Å². The fourth-order valence-electron chi connectivity index (χ4n) is 13.4. The SMILES string of the molecule is C=C(C)[C@@H]1CC[C@]2(CCCN)CC[C@]3(C)[C@H](CC[C@@H]4[C@@]5(C)CC[C@H](OC(=O)CC(C)(C)CC(=O)O)C(C)(C)[C@@H]5CC[C@]43C)[C@@H]12. The molecule has 0 radical (unpaired) electrons. The van der Waals surface area contributed by atoms with E-state index in [1.807, 2.05) is 13.8 Å². The second-order valence-electron chi connectivity index (χ2n) is 18.7. The van der Waals surface area contributed by atoms with Crippen LogP contribution in [0.3, 0.4) is 0 Å². The summed E-state index contributed by atoms with van der Waals surface area (Å²) >= 11 is 0. The molecule has 250 valence electrons. The number of fused-ring (bicyclic) bond motifs is 7. The van der Waals surface area contributed by atoms with Gasteiger partial charge in [-0.25, -0.2) is 0 Å². The van der Waals surface area contributed by atoms with Gasteiger partial charge in [0.1, 0.15) is 6.10 Å². The zero-order valence-electron chi connectivity index (χ0n) is 29.5. The number of esters is 1. The minimum Gasteiger partial charge on any atom is -0.481 e. The molecule has 0 aromatic rings. The largest absolute Gasteiger partial charge is 0.481 e. The van der Waals surface area contributed by atoms with E-state index in [0.29, 0.717) is 34.0 Å². The standard InChI is InChI=1S/C39H65NO4/c1-25(2)26-13-19-39(16-10-22-40)21-20-37(8)27(33(26)39)11-12-29-36(7)17-15-30(35(5,6)28(36)14-18-38(29,37)9)44-32(43)24-34(3,4)23-31(41)42/h26-30,33H,1,10-24,40H2,2-9H3,(H,41,42)/t26-,27+,28-,29+,30-,33+,36-,37+,38+,39+/m0/s1. The number of carbonyl (C=O) groups is 2. The summed E-state index contributed by atoms with van der Waals surface area (Å²) < 4.78 is 6.26. The fraction of sp³-hybridized carbons (Fsp3) is 0.897. The second kappa shape index (κ2) is 11.4. The van der Waals surface area contributed by atoms with Gasteiger partial charge in [-0.2, -0.15) is 0 Å². The third kappa shape index (κ3) is 5.22. The van der Waals surface area contributed by atoms with Crippen LogP contribution in [0, 0.1) is 62.1 Å². The molecular formula is C39H65NO4. The maximum Gasteiger partial charge on any atom is 0.306 e. The quantitative estimate of drug-likeness (QED) is 0.200. The molecule has 3 N–H and O–H groups in total. The molecule has 5 heteroatoms. The van der Waals surface area contributed by atoms with Crippen LogP contribution in [0.5, 0.6) is 0 Å². The van der Waals surface area contributed by atoms with Gasteiger partial charge in [0, 0.05) is 5.41 Å². The van der Waals surface area contributed by atoms with Crippen LogP contribution < -0.4 is 5.73 Å². The van der Waals surface area contributed by atoms with E-state index >= 15 is 0 Å². The first-order valence-corrected chi connectivity index (χ1v) is 18.1. The summed E-state index contributed by atoms with van der Waals surface area (Å²) in [7, 11) is 0. The van der Waals surface area contributed by atoms with Gasteiger partial charge >= 0.3 is 11.9 Å². The van der Waals surface area contributed by atoms with Gasteiger partial charge < -0.3 is 15.6 Å². The highest BCUT2D eigenvalue weighted by Gasteiger charge is 2.71. The minimum absolute atomic E-state index is 0.0288. The first-order valence-electron chi connectivity index (χ1n) is 18.1. The van der Waals surface area contributed by atoms with E-state index in [2.05, 4.69) is 48.1 Å². The number of ether oxygens (including phenoxy) is 1. The first kappa shape index (κ1) is 34.0. The summed E-state index contributed by atoms with van der Waals surface area (Å²) in [6, 6.07) is 0. The molecule has 10 atom stereocenters. The molecule has 5 rings (SSSR count). The molecule has 5 aliphatic rings. The number of allylic oxidation sites excluding steroid dienone is 1. The predicted octanol–water partition coefficient (Wildman–Crippen LogP) is 9.19. The van der Waals surface area contributed by atoms with E-state index in [1.54, 1.807) is 0 Å². The summed E-state index contributed by atoms with van der Waals surface area (Å²) in [4.78, 5) is 24.5. The molecule has 0 amide bonds. The Morgan fingerprint density at radius 3 is 2.23 bits per heavy atom. The van der Waals surface area contributed by atoms with E-state index in [-0.39, 0.29) is 35.7 Å². The lowest BCUT2D eigenvalue weighted by atomic mass is 9.32. The number of aliphatic carboxylic acids is 1. The Labute approximate surface area is 268 Å². The molecule has 0 heterocycles. The molecule has 0 aromatic carbocycles. The van der Waals surface area contributed by atoms with Crippen molar-refractivity contribution in [3.8, 4) is 0 Å². The molecule has 44 heavy (non-hydrogen) atoms. The van der Waals surface area contributed by atoms with Gasteiger partial charge in [-0.15, -0.1) is 0 Å². The predicted molar refractivity (Wildman–Crippen MR) is 178 cm³/mol. The van der Waals surface area contributed by atoms with Crippen molar-refractivity contribution in [3.05, 3.63) is 12.2 Å². The Kier molecular flexibility index (Phi) is 8.81. The van der Waals surface area contributed by atoms with Crippen LogP contribution in [0.4, 0.5) is 0 Å². The van der Waals surface area contributed by atoms with Crippen LogP contribution in [0.2, 0.25) is 0 Å². The van der Waals surface area contributed by atoms with Crippen molar-refractivity contribution in [1.82, 2.24) is 0 Å². The second-order valence-corrected chi connectivity index (χ2v) is 18.7. The van der Waals surface area contributed by atoms with Crippen LogP contribution in [-0.2, 0) is 14.3 Å². The van der Waals surface area contributed by atoms with E-state index in [0.717, 1.165) is 37.6 Å². The molecular weight excluding hydrogens is 546 g/mol. The number of hydrogen-bond donors (Lipinski definition) is 2. The Bertz CT molecular complexity index is 1140. The lowest BCUT2D eigenvalue weighted by molar-refractivity contribution is -0.250. The molecule has 0 saturated heterocycles. The van der Waals surface area contributed by atoms with Crippen molar-refractivity contribution >= 4 is 11.9 Å². The average molecular weight is 612 g/mol. The van der Waals surface area contributed by atoms with Crippen LogP contribution >= 0.6 is 0 Å². The summed E-state index contributed by atoms with van der Waals surface area (Å²) in [5.41, 5.74) is 8.12. The van der Waals surface area contributed by atoms with Crippen molar-refractivity contribution in [2.24, 2.45) is 67.8 Å². The number of hydrogen-bond acceptors (Lipinski definition) is 4. The van der Waals surface area contributed by atoms with Crippen molar-refractivity contribution in [3.63, 3.8) is 0 Å². The van der Waals surface area contributed by atoms with Crippen molar-refractivity contribution in [2.45, 2.75) is 151 Å². The zero-order valence-corrected chi connectivity index (χ0v) is 29.5. The van der Waals surface area contributed by atoms with Gasteiger partial charge in [-0.1, -0.05) is 60.6 Å². The molecule has 5 nitrogen and oxygen atoms in total. The molecule has 0 spiro atoms. The van der Waals surface area contributed by atoms with Gasteiger partial charge in [-0.05, 0) is 147 Å². The van der Waals surface area contributed by atoms with Crippen molar-refractivity contribution in [1.29, 1.82) is 0 Å². The molecule has 5 aliphatic carbocycles. The number of rotatable bonds is 9. The molecule has 0 aromatic heterocycles. The van der Waals surface area contributed by atoms with Gasteiger partial charge in [0.25, 0.3) is 0 Å². The number of carboxylic acid groups (broad SMARTS) is 1. The van der Waals surface area contributed by atoms with E-state index in [9.17, 15) is 14.7 Å². The first-order chi connectivity index (χ1) is 20.4. The summed E-state index contributed by atoms with van der Waals surface area (Å²) in [6.45, 7) is 24.1. The maximum atomic E-state index is 13.1. The third-order valence-electron chi connectivity index (χ3n) is 15.6. The van der Waals surface area contributed by atoms with Crippen LogP contribution in [-0.4, -0.2) is 29.7 Å². The highest BCUT2D eigenvalue weighted by atomic mass is 16.5. The van der Waals surface area contributed by atoms with Crippen molar-refractivity contribution < 1.29 is 19.4 Å². The number of nitrogens with two attached hydrogens (primary N) is 1. The Balaban J connectivity index is 1.39. The molecule has 0 bridgehead atoms. The van der Waals surface area contributed by atoms with Gasteiger partial charge in [-0.3, -0.25) is 9.59 Å². The topological polar surface area (TPSA) is 89.6 Å². The maximum absolute atomic E-state index is 13.1. The Morgan fingerprint density at radius 1 is 0.886 bits per heavy atom. The van der Waals surface area contributed by atoms with Gasteiger partial charge in [0.05, 0.1) is 12.8 Å². The lowest BCUT2D eigenvalue weighted by Crippen LogP contribution is -2.66.